The van der Waals surface area contributed by atoms with E-state index in [4.69, 9.17) is 4.74 Å². The number of carbonyl (C=O) groups excluding carboxylic acids is 2. The van der Waals surface area contributed by atoms with E-state index >= 15 is 0 Å². The molecule has 1 unspecified atom stereocenters. The number of amides is 2. The zero-order chi connectivity index (χ0) is 14.5. The molecule has 0 bridgehead atoms. The Morgan fingerprint density at radius 3 is 2.90 bits per heavy atom. The highest BCUT2D eigenvalue weighted by Crippen LogP contribution is 2.20. The second-order valence-electron chi connectivity index (χ2n) is 4.94. The Kier molecular flexibility index (Phi) is 4.74. The number of rotatable bonds is 5. The normalized spacial score (nSPS) is 19.1. The number of anilines is 1. The standard InChI is InChI=1S/C15H20N2O3/c1-3-5-13-15(19)17(9-14(18)16-13)12-7-4-6-11(8-12)10-20-2/h4,6-8,13H,3,5,9-10H2,1-2H3,(H,16,18). The van der Waals surface area contributed by atoms with Gasteiger partial charge in [-0.2, -0.15) is 0 Å². The summed E-state index contributed by atoms with van der Waals surface area (Å²) in [4.78, 5) is 25.7. The third-order valence-electron chi connectivity index (χ3n) is 3.31. The van der Waals surface area contributed by atoms with Gasteiger partial charge in [0.05, 0.1) is 6.61 Å². The number of nitrogens with zero attached hydrogens (tertiary/aromatic N) is 1. The Labute approximate surface area is 118 Å². The second-order valence-corrected chi connectivity index (χ2v) is 4.94. The van der Waals surface area contributed by atoms with E-state index < -0.39 is 6.04 Å². The molecule has 1 saturated heterocycles. The number of carbonyl (C=O) groups is 2. The van der Waals surface area contributed by atoms with Gasteiger partial charge in [0, 0.05) is 12.8 Å². The first-order chi connectivity index (χ1) is 9.65. The molecule has 0 saturated carbocycles. The number of hydrogen-bond acceptors (Lipinski definition) is 3. The van der Waals surface area contributed by atoms with E-state index in [0.29, 0.717) is 13.0 Å². The third-order valence-corrected chi connectivity index (χ3v) is 3.31. The molecule has 1 fully saturated rings. The van der Waals surface area contributed by atoms with Crippen molar-refractivity contribution in [3.05, 3.63) is 29.8 Å². The Balaban J connectivity index is 2.23. The van der Waals surface area contributed by atoms with Gasteiger partial charge in [-0.3, -0.25) is 9.59 Å². The fourth-order valence-electron chi connectivity index (χ4n) is 2.40. The first-order valence-corrected chi connectivity index (χ1v) is 6.84. The van der Waals surface area contributed by atoms with Gasteiger partial charge in [-0.1, -0.05) is 25.5 Å². The summed E-state index contributed by atoms with van der Waals surface area (Å²) in [6, 6.07) is 7.14. The van der Waals surface area contributed by atoms with E-state index in [1.807, 2.05) is 31.2 Å². The topological polar surface area (TPSA) is 58.6 Å². The molecule has 1 heterocycles. The van der Waals surface area contributed by atoms with Crippen LogP contribution in [0.25, 0.3) is 0 Å². The number of ether oxygens (including phenoxy) is 1. The van der Waals surface area contributed by atoms with Gasteiger partial charge in [-0.25, -0.2) is 0 Å². The maximum atomic E-state index is 12.4. The van der Waals surface area contributed by atoms with Crippen LogP contribution in [0.1, 0.15) is 25.3 Å². The van der Waals surface area contributed by atoms with E-state index in [1.54, 1.807) is 12.0 Å². The van der Waals surface area contributed by atoms with Crippen LogP contribution in [0.4, 0.5) is 5.69 Å². The van der Waals surface area contributed by atoms with Crippen LogP contribution in [0, 0.1) is 0 Å². The van der Waals surface area contributed by atoms with Crippen LogP contribution in [0.15, 0.2) is 24.3 Å². The predicted molar refractivity (Wildman–Crippen MR) is 76.3 cm³/mol. The van der Waals surface area contributed by atoms with E-state index in [-0.39, 0.29) is 18.4 Å². The predicted octanol–water partition coefficient (Wildman–Crippen LogP) is 1.46. The lowest BCUT2D eigenvalue weighted by atomic mass is 10.1. The third kappa shape index (κ3) is 3.17. The van der Waals surface area contributed by atoms with Gasteiger partial charge >= 0.3 is 0 Å². The number of piperazine rings is 1. The summed E-state index contributed by atoms with van der Waals surface area (Å²) in [6.45, 7) is 2.56. The van der Waals surface area contributed by atoms with Crippen LogP contribution < -0.4 is 10.2 Å². The van der Waals surface area contributed by atoms with Gasteiger partial charge in [-0.15, -0.1) is 0 Å². The quantitative estimate of drug-likeness (QED) is 0.886. The summed E-state index contributed by atoms with van der Waals surface area (Å²) in [7, 11) is 1.63. The minimum Gasteiger partial charge on any atom is -0.380 e. The Bertz CT molecular complexity index is 502. The summed E-state index contributed by atoms with van der Waals surface area (Å²) >= 11 is 0. The molecule has 1 atom stereocenters. The molecule has 20 heavy (non-hydrogen) atoms. The lowest BCUT2D eigenvalue weighted by molar-refractivity contribution is -0.131. The highest BCUT2D eigenvalue weighted by Gasteiger charge is 2.32. The molecule has 2 rings (SSSR count). The molecule has 1 aromatic carbocycles. The molecular formula is C15H20N2O3. The monoisotopic (exact) mass is 276 g/mol. The number of hydrogen-bond donors (Lipinski definition) is 1. The average Bonchev–Trinajstić information content (AvgIpc) is 2.43. The lowest BCUT2D eigenvalue weighted by Gasteiger charge is -2.32. The van der Waals surface area contributed by atoms with Gasteiger partial charge in [0.1, 0.15) is 12.6 Å². The largest absolute Gasteiger partial charge is 0.380 e. The van der Waals surface area contributed by atoms with E-state index in [1.165, 1.54) is 0 Å². The maximum Gasteiger partial charge on any atom is 0.250 e. The first-order valence-electron chi connectivity index (χ1n) is 6.84. The van der Waals surface area contributed by atoms with Gasteiger partial charge < -0.3 is 15.0 Å². The van der Waals surface area contributed by atoms with Gasteiger partial charge in [0.25, 0.3) is 0 Å². The van der Waals surface area contributed by atoms with Crippen LogP contribution in [-0.2, 0) is 20.9 Å². The molecule has 2 amide bonds. The number of nitrogens with one attached hydrogen (secondary N) is 1. The smallest absolute Gasteiger partial charge is 0.250 e. The van der Waals surface area contributed by atoms with Crippen molar-refractivity contribution in [3.8, 4) is 0 Å². The zero-order valence-corrected chi connectivity index (χ0v) is 11.9. The number of methoxy groups -OCH3 is 1. The van der Waals surface area contributed by atoms with Crippen LogP contribution in [0.5, 0.6) is 0 Å². The van der Waals surface area contributed by atoms with Crippen LogP contribution in [-0.4, -0.2) is 31.5 Å². The first kappa shape index (κ1) is 14.5. The van der Waals surface area contributed by atoms with Crippen molar-refractivity contribution in [2.24, 2.45) is 0 Å². The minimum absolute atomic E-state index is 0.0407. The van der Waals surface area contributed by atoms with Crippen molar-refractivity contribution < 1.29 is 14.3 Å². The van der Waals surface area contributed by atoms with E-state index in [2.05, 4.69) is 5.32 Å². The molecule has 1 N–H and O–H groups in total. The summed E-state index contributed by atoms with van der Waals surface area (Å²) in [5.74, 6) is -0.152. The van der Waals surface area contributed by atoms with Crippen LogP contribution >= 0.6 is 0 Å². The molecule has 1 aromatic rings. The highest BCUT2D eigenvalue weighted by molar-refractivity contribution is 6.06. The van der Waals surface area contributed by atoms with E-state index in [9.17, 15) is 9.59 Å². The summed E-state index contributed by atoms with van der Waals surface area (Å²) in [5.41, 5.74) is 1.73. The van der Waals surface area contributed by atoms with E-state index in [0.717, 1.165) is 17.7 Å². The Morgan fingerprint density at radius 2 is 2.20 bits per heavy atom. The fraction of sp³-hybridized carbons (Fsp3) is 0.467. The summed E-state index contributed by atoms with van der Waals surface area (Å²) < 4.78 is 5.10. The van der Waals surface area contributed by atoms with Crippen molar-refractivity contribution in [1.82, 2.24) is 5.32 Å². The molecule has 0 aromatic heterocycles. The Hall–Kier alpha value is -1.88. The van der Waals surface area contributed by atoms with Crippen LogP contribution in [0.2, 0.25) is 0 Å². The van der Waals surface area contributed by atoms with Gasteiger partial charge in [0.15, 0.2) is 0 Å². The average molecular weight is 276 g/mol. The lowest BCUT2D eigenvalue weighted by Crippen LogP contribution is -2.58. The molecule has 0 radical (unpaired) electrons. The van der Waals surface area contributed by atoms with Crippen molar-refractivity contribution in [2.75, 3.05) is 18.6 Å². The molecule has 0 spiro atoms. The molecule has 0 aliphatic carbocycles. The van der Waals surface area contributed by atoms with Crippen molar-refractivity contribution >= 4 is 17.5 Å². The fourth-order valence-corrected chi connectivity index (χ4v) is 2.40. The molecule has 5 nitrogen and oxygen atoms in total. The molecule has 1 aliphatic rings. The Morgan fingerprint density at radius 1 is 1.40 bits per heavy atom. The second kappa shape index (κ2) is 6.52. The summed E-state index contributed by atoms with van der Waals surface area (Å²) in [5, 5.41) is 2.75. The number of benzene rings is 1. The van der Waals surface area contributed by atoms with Gasteiger partial charge in [-0.05, 0) is 24.1 Å². The molecule has 5 heteroatoms. The molecule has 1 aliphatic heterocycles. The summed E-state index contributed by atoms with van der Waals surface area (Å²) in [6.07, 6.45) is 1.52. The SMILES string of the molecule is CCCC1NC(=O)CN(c2cccc(COC)c2)C1=O. The maximum absolute atomic E-state index is 12.4. The molecular weight excluding hydrogens is 256 g/mol. The minimum atomic E-state index is -0.410. The van der Waals surface area contributed by atoms with Crippen molar-refractivity contribution in [1.29, 1.82) is 0 Å². The van der Waals surface area contributed by atoms with Crippen LogP contribution in [0.3, 0.4) is 0 Å². The van der Waals surface area contributed by atoms with Gasteiger partial charge in [0.2, 0.25) is 11.8 Å². The van der Waals surface area contributed by atoms with Crippen molar-refractivity contribution in [2.45, 2.75) is 32.4 Å². The zero-order valence-electron chi connectivity index (χ0n) is 11.9. The highest BCUT2D eigenvalue weighted by atomic mass is 16.5. The van der Waals surface area contributed by atoms with Crippen molar-refractivity contribution in [3.63, 3.8) is 0 Å². The molecule has 108 valence electrons.